The summed E-state index contributed by atoms with van der Waals surface area (Å²) in [5, 5.41) is 3.87. The summed E-state index contributed by atoms with van der Waals surface area (Å²) in [6.45, 7) is 9.97. The lowest BCUT2D eigenvalue weighted by molar-refractivity contribution is 0.313. The van der Waals surface area contributed by atoms with Crippen molar-refractivity contribution in [1.29, 1.82) is 0 Å². The van der Waals surface area contributed by atoms with Crippen LogP contribution in [-0.4, -0.2) is 11.7 Å². The van der Waals surface area contributed by atoms with Crippen LogP contribution in [0.3, 0.4) is 0 Å². The minimum atomic E-state index is 0.277. The van der Waals surface area contributed by atoms with Crippen molar-refractivity contribution in [2.75, 3.05) is 6.54 Å². The Kier molecular flexibility index (Phi) is 5.93. The fourth-order valence-electron chi connectivity index (χ4n) is 2.58. The lowest BCUT2D eigenvalue weighted by Gasteiger charge is -2.32. The minimum Gasteiger partial charge on any atom is -0.361 e. The monoisotopic (exact) mass is 269 g/mol. The van der Waals surface area contributed by atoms with Gasteiger partial charge >= 0.3 is 0 Å². The summed E-state index contributed by atoms with van der Waals surface area (Å²) in [5.41, 5.74) is 7.84. The summed E-state index contributed by atoms with van der Waals surface area (Å²) >= 11 is 5.21. The lowest BCUT2D eigenvalue weighted by Crippen LogP contribution is -2.44. The van der Waals surface area contributed by atoms with Gasteiger partial charge < -0.3 is 10.7 Å². The molecular weight excluding hydrogens is 242 g/mol. The number of hydrogen-bond acceptors (Lipinski definition) is 2. The summed E-state index contributed by atoms with van der Waals surface area (Å²) in [5.74, 6) is 0.718. The highest BCUT2D eigenvalue weighted by Crippen LogP contribution is 2.35. The van der Waals surface area contributed by atoms with Crippen LogP contribution in [0.25, 0.3) is 0 Å². The molecule has 0 aliphatic heterocycles. The number of allylic oxidation sites excluding steroid dienone is 2. The second-order valence-electron chi connectivity index (χ2n) is 6.03. The molecule has 3 N–H and O–H groups in total. The molecule has 104 valence electrons. The molecule has 0 aromatic heterocycles. The number of thiocarbonyl (C=S) groups is 1. The fraction of sp³-hybridized carbons (Fsp3) is 0.786. The Morgan fingerprint density at radius 3 is 2.83 bits per heavy atom. The van der Waals surface area contributed by atoms with Gasteiger partial charge in [-0.1, -0.05) is 40.2 Å². The summed E-state index contributed by atoms with van der Waals surface area (Å²) in [6, 6.07) is 0. The van der Waals surface area contributed by atoms with Gasteiger partial charge in [0.15, 0.2) is 5.11 Å². The van der Waals surface area contributed by atoms with E-state index in [1.807, 2.05) is 0 Å². The first-order valence-corrected chi connectivity index (χ1v) is 7.35. The Balaban J connectivity index is 2.34. The van der Waals surface area contributed by atoms with Crippen molar-refractivity contribution in [3.05, 3.63) is 11.8 Å². The summed E-state index contributed by atoms with van der Waals surface area (Å²) in [6.07, 6.45) is 6.98. The highest BCUT2D eigenvalue weighted by atomic mass is 32.1. The van der Waals surface area contributed by atoms with Crippen molar-refractivity contribution >= 4 is 17.3 Å². The van der Waals surface area contributed by atoms with E-state index in [4.69, 9.17) is 12.2 Å². The number of hydrazine groups is 1. The number of rotatable bonds is 5. The first kappa shape index (κ1) is 15.3. The van der Waals surface area contributed by atoms with Crippen LogP contribution in [0.5, 0.6) is 0 Å². The average molecular weight is 269 g/mol. The van der Waals surface area contributed by atoms with Gasteiger partial charge in [0, 0.05) is 12.2 Å². The summed E-state index contributed by atoms with van der Waals surface area (Å²) in [7, 11) is 0. The molecule has 0 radical (unpaired) electrons. The Bertz CT molecular complexity index is 310. The Morgan fingerprint density at radius 2 is 2.22 bits per heavy atom. The molecule has 18 heavy (non-hydrogen) atoms. The molecule has 0 bridgehead atoms. The van der Waals surface area contributed by atoms with Crippen molar-refractivity contribution < 1.29 is 0 Å². The average Bonchev–Trinajstić information content (AvgIpc) is 2.24. The van der Waals surface area contributed by atoms with Gasteiger partial charge in [-0.05, 0) is 42.8 Å². The molecule has 1 atom stereocenters. The zero-order valence-corrected chi connectivity index (χ0v) is 12.9. The molecular formula is C14H27N3S. The molecule has 0 aromatic carbocycles. The van der Waals surface area contributed by atoms with E-state index in [1.165, 1.54) is 18.5 Å². The molecule has 0 heterocycles. The van der Waals surface area contributed by atoms with E-state index >= 15 is 0 Å². The van der Waals surface area contributed by atoms with Crippen LogP contribution in [0.4, 0.5) is 0 Å². The third-order valence-electron chi connectivity index (χ3n) is 3.16. The first-order valence-electron chi connectivity index (χ1n) is 6.94. The molecule has 1 aliphatic rings. The topological polar surface area (TPSA) is 36.1 Å². The van der Waals surface area contributed by atoms with E-state index in [-0.39, 0.29) is 5.41 Å². The maximum Gasteiger partial charge on any atom is 0.185 e. The van der Waals surface area contributed by atoms with Gasteiger partial charge in [0.2, 0.25) is 0 Å². The predicted octanol–water partition coefficient (Wildman–Crippen LogP) is 3.10. The molecule has 0 spiro atoms. The van der Waals surface area contributed by atoms with Crippen LogP contribution < -0.4 is 16.2 Å². The highest BCUT2D eigenvalue weighted by Gasteiger charge is 2.25. The molecule has 0 saturated heterocycles. The lowest BCUT2D eigenvalue weighted by atomic mass is 9.76. The van der Waals surface area contributed by atoms with Gasteiger partial charge in [0.1, 0.15) is 0 Å². The van der Waals surface area contributed by atoms with E-state index < -0.39 is 0 Å². The highest BCUT2D eigenvalue weighted by molar-refractivity contribution is 7.80. The predicted molar refractivity (Wildman–Crippen MR) is 82.0 cm³/mol. The Hall–Kier alpha value is -0.770. The standard InChI is InChI=1S/C14H27N3S/c1-5-6-7-15-13(18)17-16-12-8-11(2)9-14(3,4)10-12/h10-11,16H,5-9H2,1-4H3,(H2,15,17,18)/t11-/m1/s1. The van der Waals surface area contributed by atoms with Crippen molar-refractivity contribution in [3.63, 3.8) is 0 Å². The molecule has 1 rings (SSSR count). The molecule has 0 aromatic rings. The zero-order valence-electron chi connectivity index (χ0n) is 12.1. The number of unbranched alkanes of at least 4 members (excludes halogenated alkanes) is 1. The molecule has 0 saturated carbocycles. The SMILES string of the molecule is CCCCNC(=S)NNC1=CC(C)(C)C[C@H](C)C1. The summed E-state index contributed by atoms with van der Waals surface area (Å²) in [4.78, 5) is 0. The van der Waals surface area contributed by atoms with Gasteiger partial charge in [-0.2, -0.15) is 0 Å². The smallest absolute Gasteiger partial charge is 0.185 e. The van der Waals surface area contributed by atoms with Crippen molar-refractivity contribution in [2.45, 2.75) is 53.4 Å². The van der Waals surface area contributed by atoms with Crippen LogP contribution >= 0.6 is 12.2 Å². The minimum absolute atomic E-state index is 0.277. The van der Waals surface area contributed by atoms with Gasteiger partial charge in [-0.3, -0.25) is 5.43 Å². The Morgan fingerprint density at radius 1 is 1.50 bits per heavy atom. The molecule has 4 heteroatoms. The van der Waals surface area contributed by atoms with Gasteiger partial charge in [0.25, 0.3) is 0 Å². The fourth-order valence-corrected chi connectivity index (χ4v) is 2.74. The van der Waals surface area contributed by atoms with Crippen molar-refractivity contribution in [3.8, 4) is 0 Å². The second-order valence-corrected chi connectivity index (χ2v) is 6.44. The number of hydrogen-bond donors (Lipinski definition) is 3. The third kappa shape index (κ3) is 5.71. The van der Waals surface area contributed by atoms with Crippen molar-refractivity contribution in [1.82, 2.24) is 16.2 Å². The van der Waals surface area contributed by atoms with E-state index in [2.05, 4.69) is 49.9 Å². The molecule has 3 nitrogen and oxygen atoms in total. The molecule has 1 aliphatic carbocycles. The first-order chi connectivity index (χ1) is 8.43. The van der Waals surface area contributed by atoms with E-state index in [0.29, 0.717) is 5.11 Å². The second kappa shape index (κ2) is 6.98. The van der Waals surface area contributed by atoms with Crippen LogP contribution in [0.2, 0.25) is 0 Å². The maximum atomic E-state index is 5.21. The van der Waals surface area contributed by atoms with Gasteiger partial charge in [-0.15, -0.1) is 0 Å². The van der Waals surface area contributed by atoms with Gasteiger partial charge in [-0.25, -0.2) is 0 Å². The largest absolute Gasteiger partial charge is 0.361 e. The van der Waals surface area contributed by atoms with Crippen LogP contribution in [0.15, 0.2) is 11.8 Å². The third-order valence-corrected chi connectivity index (χ3v) is 3.41. The van der Waals surface area contributed by atoms with E-state index in [1.54, 1.807) is 0 Å². The summed E-state index contributed by atoms with van der Waals surface area (Å²) < 4.78 is 0. The van der Waals surface area contributed by atoms with E-state index in [9.17, 15) is 0 Å². The Labute approximate surface area is 117 Å². The zero-order chi connectivity index (χ0) is 13.6. The van der Waals surface area contributed by atoms with Crippen LogP contribution in [0.1, 0.15) is 53.4 Å². The van der Waals surface area contributed by atoms with Crippen LogP contribution in [-0.2, 0) is 0 Å². The molecule has 0 fully saturated rings. The van der Waals surface area contributed by atoms with Crippen LogP contribution in [0, 0.1) is 11.3 Å². The van der Waals surface area contributed by atoms with Crippen molar-refractivity contribution in [2.24, 2.45) is 11.3 Å². The molecule has 0 amide bonds. The van der Waals surface area contributed by atoms with Gasteiger partial charge in [0.05, 0.1) is 0 Å². The number of nitrogens with one attached hydrogen (secondary N) is 3. The molecule has 0 unspecified atom stereocenters. The maximum absolute atomic E-state index is 5.21. The quantitative estimate of drug-likeness (QED) is 0.407. The normalized spacial score (nSPS) is 22.0. The van der Waals surface area contributed by atoms with E-state index in [0.717, 1.165) is 25.3 Å².